The molecule has 2 atom stereocenters. The summed E-state index contributed by atoms with van der Waals surface area (Å²) in [5, 5.41) is 26.0. The number of hydrogen-bond acceptors (Lipinski definition) is 5. The maximum atomic E-state index is 12.4. The van der Waals surface area contributed by atoms with E-state index in [1.165, 1.54) is 12.1 Å². The molecule has 0 saturated carbocycles. The summed E-state index contributed by atoms with van der Waals surface area (Å²) in [6.45, 7) is 11.1. The Bertz CT molecular complexity index is 717. The van der Waals surface area contributed by atoms with Crippen LogP contribution in [0.2, 0.25) is 5.31 Å². The highest BCUT2D eigenvalue weighted by atomic mass is 16.3. The van der Waals surface area contributed by atoms with E-state index in [2.05, 4.69) is 32.3 Å². The van der Waals surface area contributed by atoms with Gasteiger partial charge in [-0.05, 0) is 30.4 Å². The highest BCUT2D eigenvalue weighted by molar-refractivity contribution is 6.14. The first-order valence-electron chi connectivity index (χ1n) is 10.2. The molecule has 1 rings (SSSR count). The summed E-state index contributed by atoms with van der Waals surface area (Å²) >= 11 is 0. The molecular weight excluding hydrogens is 369 g/mol. The fourth-order valence-corrected chi connectivity index (χ4v) is 3.43. The highest BCUT2D eigenvalue weighted by Gasteiger charge is 2.22. The van der Waals surface area contributed by atoms with E-state index in [1.807, 2.05) is 20.8 Å². The Labute approximate surface area is 174 Å². The number of carbonyl (C=O) groups excluding carboxylic acids is 2. The van der Waals surface area contributed by atoms with E-state index in [0.29, 0.717) is 12.5 Å². The molecule has 0 aliphatic rings. The van der Waals surface area contributed by atoms with Crippen molar-refractivity contribution in [1.29, 1.82) is 0 Å². The molecule has 29 heavy (non-hydrogen) atoms. The van der Waals surface area contributed by atoms with Crippen molar-refractivity contribution in [3.05, 3.63) is 23.3 Å². The minimum absolute atomic E-state index is 0.0708. The Kier molecular flexibility index (Phi) is 9.01. The molecule has 0 radical (unpaired) electrons. The van der Waals surface area contributed by atoms with Crippen molar-refractivity contribution in [3.63, 3.8) is 0 Å². The van der Waals surface area contributed by atoms with Crippen LogP contribution in [0.4, 0.5) is 0 Å². The number of nitrogens with one attached hydrogen (secondary N) is 2. The van der Waals surface area contributed by atoms with Gasteiger partial charge < -0.3 is 26.6 Å². The number of phenols is 2. The van der Waals surface area contributed by atoms with E-state index in [9.17, 15) is 19.8 Å². The van der Waals surface area contributed by atoms with Crippen LogP contribution in [-0.2, 0) is 0 Å². The number of carbonyl (C=O) groups is 2. The van der Waals surface area contributed by atoms with Crippen molar-refractivity contribution in [2.45, 2.75) is 58.8 Å². The first-order valence-corrected chi connectivity index (χ1v) is 10.2. The summed E-state index contributed by atoms with van der Waals surface area (Å²) in [5.41, 5.74) is 5.78. The standard InChI is InChI=1S/C21H36BN3O4/c1-12(2)8-14(23)11-25-20(29)16-7-6-15(17(26)18(16)27)19(28)24-10-13(3)9-21(4,5)22/h6-7,12-14,26-27H,8-11,22-23H2,1-5H3,(H,24,28)(H,25,29). The van der Waals surface area contributed by atoms with Gasteiger partial charge in [-0.1, -0.05) is 46.4 Å². The van der Waals surface area contributed by atoms with Gasteiger partial charge in [0.1, 0.15) is 7.85 Å². The third kappa shape index (κ3) is 8.35. The first kappa shape index (κ1) is 24.8. The van der Waals surface area contributed by atoms with Crippen molar-refractivity contribution in [2.24, 2.45) is 17.6 Å². The molecule has 0 aromatic heterocycles. The summed E-state index contributed by atoms with van der Waals surface area (Å²) in [7, 11) is 2.13. The van der Waals surface area contributed by atoms with Crippen molar-refractivity contribution in [3.8, 4) is 11.5 Å². The maximum absolute atomic E-state index is 12.4. The summed E-state index contributed by atoms with van der Waals surface area (Å²) in [5.74, 6) is -1.61. The fourth-order valence-electron chi connectivity index (χ4n) is 3.43. The zero-order valence-electron chi connectivity index (χ0n) is 18.5. The van der Waals surface area contributed by atoms with Crippen LogP contribution < -0.4 is 16.4 Å². The van der Waals surface area contributed by atoms with Gasteiger partial charge in [0.05, 0.1) is 11.1 Å². The van der Waals surface area contributed by atoms with Crippen LogP contribution in [0.5, 0.6) is 11.5 Å². The molecule has 0 fully saturated rings. The molecule has 0 saturated heterocycles. The maximum Gasteiger partial charge on any atom is 0.255 e. The van der Waals surface area contributed by atoms with E-state index >= 15 is 0 Å². The summed E-state index contributed by atoms with van der Waals surface area (Å²) < 4.78 is 0. The number of aromatic hydroxyl groups is 2. The molecule has 0 bridgehead atoms. The molecule has 162 valence electrons. The van der Waals surface area contributed by atoms with Crippen molar-refractivity contribution in [1.82, 2.24) is 10.6 Å². The van der Waals surface area contributed by atoms with Crippen molar-refractivity contribution in [2.75, 3.05) is 13.1 Å². The Balaban J connectivity index is 2.76. The zero-order valence-corrected chi connectivity index (χ0v) is 18.5. The van der Waals surface area contributed by atoms with Gasteiger partial charge in [0, 0.05) is 19.1 Å². The fraction of sp³-hybridized carbons (Fsp3) is 0.619. The van der Waals surface area contributed by atoms with Gasteiger partial charge in [0.2, 0.25) is 0 Å². The SMILES string of the molecule is BC(C)(C)CC(C)CNC(=O)c1ccc(C(=O)NCC(N)CC(C)C)c(O)c1O. The number of benzene rings is 1. The molecule has 0 heterocycles. The van der Waals surface area contributed by atoms with Crippen LogP contribution in [-0.4, -0.2) is 49.0 Å². The molecule has 0 spiro atoms. The van der Waals surface area contributed by atoms with E-state index < -0.39 is 23.3 Å². The van der Waals surface area contributed by atoms with Crippen LogP contribution in [0.15, 0.2) is 12.1 Å². The number of amides is 2. The molecule has 7 nitrogen and oxygen atoms in total. The Morgan fingerprint density at radius 2 is 1.48 bits per heavy atom. The number of rotatable bonds is 10. The molecule has 1 aromatic rings. The monoisotopic (exact) mass is 405 g/mol. The van der Waals surface area contributed by atoms with Crippen LogP contribution in [0.1, 0.15) is 68.2 Å². The topological polar surface area (TPSA) is 125 Å². The van der Waals surface area contributed by atoms with Gasteiger partial charge in [0.15, 0.2) is 11.5 Å². The molecule has 2 unspecified atom stereocenters. The lowest BCUT2D eigenvalue weighted by Crippen LogP contribution is -2.38. The Morgan fingerprint density at radius 3 is 1.90 bits per heavy atom. The second-order valence-corrected chi connectivity index (χ2v) is 9.54. The molecular formula is C21H36BN3O4. The number of phenolic OH excluding ortho intramolecular Hbond substituents is 2. The van der Waals surface area contributed by atoms with E-state index in [0.717, 1.165) is 12.8 Å². The van der Waals surface area contributed by atoms with E-state index in [4.69, 9.17) is 5.73 Å². The predicted molar refractivity (Wildman–Crippen MR) is 118 cm³/mol. The van der Waals surface area contributed by atoms with E-state index in [-0.39, 0.29) is 34.9 Å². The molecule has 1 aromatic carbocycles. The number of nitrogens with two attached hydrogens (primary N) is 1. The Hall–Kier alpha value is -2.22. The predicted octanol–water partition coefficient (Wildman–Crippen LogP) is 1.79. The van der Waals surface area contributed by atoms with E-state index in [1.54, 1.807) is 0 Å². The average molecular weight is 405 g/mol. The third-order valence-corrected chi connectivity index (χ3v) is 4.51. The van der Waals surface area contributed by atoms with Crippen LogP contribution in [0.3, 0.4) is 0 Å². The largest absolute Gasteiger partial charge is 0.504 e. The van der Waals surface area contributed by atoms with Gasteiger partial charge in [0.25, 0.3) is 11.8 Å². The van der Waals surface area contributed by atoms with Gasteiger partial charge in [-0.15, -0.1) is 0 Å². The molecule has 8 heteroatoms. The van der Waals surface area contributed by atoms with Gasteiger partial charge in [-0.25, -0.2) is 0 Å². The lowest BCUT2D eigenvalue weighted by atomic mass is 9.67. The third-order valence-electron chi connectivity index (χ3n) is 4.51. The van der Waals surface area contributed by atoms with Crippen LogP contribution in [0.25, 0.3) is 0 Å². The lowest BCUT2D eigenvalue weighted by Gasteiger charge is -2.23. The van der Waals surface area contributed by atoms with Gasteiger partial charge in [-0.3, -0.25) is 9.59 Å². The Morgan fingerprint density at radius 1 is 1.03 bits per heavy atom. The quantitative estimate of drug-likeness (QED) is 0.300. The highest BCUT2D eigenvalue weighted by Crippen LogP contribution is 2.33. The lowest BCUT2D eigenvalue weighted by molar-refractivity contribution is 0.0931. The summed E-state index contributed by atoms with van der Waals surface area (Å²) in [6.07, 6.45) is 1.69. The van der Waals surface area contributed by atoms with Gasteiger partial charge in [-0.2, -0.15) is 0 Å². The summed E-state index contributed by atoms with van der Waals surface area (Å²) in [6, 6.07) is 2.46. The molecule has 6 N–H and O–H groups in total. The second-order valence-electron chi connectivity index (χ2n) is 9.54. The minimum Gasteiger partial charge on any atom is -0.504 e. The first-order chi connectivity index (χ1) is 13.3. The molecule has 2 amide bonds. The smallest absolute Gasteiger partial charge is 0.255 e. The normalized spacial score (nSPS) is 13.8. The van der Waals surface area contributed by atoms with Crippen LogP contribution in [0, 0.1) is 11.8 Å². The number of hydrogen-bond donors (Lipinski definition) is 5. The van der Waals surface area contributed by atoms with Crippen molar-refractivity contribution >= 4 is 19.7 Å². The van der Waals surface area contributed by atoms with Crippen LogP contribution >= 0.6 is 0 Å². The van der Waals surface area contributed by atoms with Crippen molar-refractivity contribution < 1.29 is 19.8 Å². The molecule has 0 aliphatic heterocycles. The second kappa shape index (κ2) is 10.5. The van der Waals surface area contributed by atoms with Gasteiger partial charge >= 0.3 is 0 Å². The molecule has 0 aliphatic carbocycles. The minimum atomic E-state index is -0.615. The summed E-state index contributed by atoms with van der Waals surface area (Å²) in [4.78, 5) is 24.7. The average Bonchev–Trinajstić information content (AvgIpc) is 2.57. The zero-order chi connectivity index (χ0) is 22.4.